The summed E-state index contributed by atoms with van der Waals surface area (Å²) in [7, 11) is 0. The van der Waals surface area contributed by atoms with E-state index in [2.05, 4.69) is 20.6 Å². The third-order valence-corrected chi connectivity index (χ3v) is 7.30. The zero-order chi connectivity index (χ0) is 25.9. The second kappa shape index (κ2) is 10.7. The van der Waals surface area contributed by atoms with Gasteiger partial charge in [0.1, 0.15) is 11.4 Å². The molecule has 1 aliphatic carbocycles. The number of rotatable bonds is 6. The van der Waals surface area contributed by atoms with Crippen molar-refractivity contribution in [2.45, 2.75) is 50.7 Å². The lowest BCUT2D eigenvalue weighted by molar-refractivity contribution is 0.0734. The van der Waals surface area contributed by atoms with E-state index in [0.29, 0.717) is 35.4 Å². The lowest BCUT2D eigenvalue weighted by atomic mass is 9.91. The normalized spacial score (nSPS) is 19.1. The van der Waals surface area contributed by atoms with Crippen LogP contribution in [0.15, 0.2) is 48.7 Å². The van der Waals surface area contributed by atoms with Crippen LogP contribution in [0, 0.1) is 0 Å². The number of fused-ring (bicyclic) bond motifs is 1. The lowest BCUT2D eigenvalue weighted by Gasteiger charge is -2.30. The summed E-state index contributed by atoms with van der Waals surface area (Å²) >= 11 is 5.97. The summed E-state index contributed by atoms with van der Waals surface area (Å²) in [4.78, 5) is 35.8. The molecule has 1 aromatic heterocycles. The number of halogens is 1. The third kappa shape index (κ3) is 5.68. The van der Waals surface area contributed by atoms with Gasteiger partial charge in [0.2, 0.25) is 5.95 Å². The molecule has 2 amide bonds. The molecule has 2 unspecified atom stereocenters. The predicted molar refractivity (Wildman–Crippen MR) is 144 cm³/mol. The fourth-order valence-corrected chi connectivity index (χ4v) is 5.08. The summed E-state index contributed by atoms with van der Waals surface area (Å²) in [6, 6.07) is 13.0. The molecule has 5 rings (SSSR count). The Kier molecular flexibility index (Phi) is 7.25. The summed E-state index contributed by atoms with van der Waals surface area (Å²) in [6.07, 6.45) is 6.30. The summed E-state index contributed by atoms with van der Waals surface area (Å²) in [5.41, 5.74) is 15.6. The largest absolute Gasteiger partial charge is 0.365 e. The number of carbonyl (C=O) groups is 2. The quantitative estimate of drug-likeness (QED) is 0.388. The van der Waals surface area contributed by atoms with Gasteiger partial charge >= 0.3 is 0 Å². The Hall–Kier alpha value is -3.69. The van der Waals surface area contributed by atoms with E-state index in [1.54, 1.807) is 24.3 Å². The molecule has 2 aliphatic rings. The number of hydrogen-bond donors (Lipinski definition) is 4. The maximum atomic E-state index is 13.0. The molecule has 9 nitrogen and oxygen atoms in total. The van der Waals surface area contributed by atoms with Crippen LogP contribution in [0.3, 0.4) is 0 Å². The van der Waals surface area contributed by atoms with Gasteiger partial charge in [-0.3, -0.25) is 9.59 Å². The molecular weight excluding hydrogens is 490 g/mol. The first-order chi connectivity index (χ1) is 17.9. The van der Waals surface area contributed by atoms with Gasteiger partial charge < -0.3 is 27.0 Å². The topological polar surface area (TPSA) is 139 Å². The van der Waals surface area contributed by atoms with Gasteiger partial charge in [0, 0.05) is 47.6 Å². The molecule has 0 spiro atoms. The standard InChI is InChI=1S/C27H30ClN7O2/c28-19-8-5-17(6-9-19)26(37)35-12-11-16-7-10-20(13-18(16)15-35)32-25-21(24(30)36)14-31-27(34-25)33-23-4-2-1-3-22(23)29/h5-10,13-14,22-23H,1-4,11-12,15,29H2,(H2,30,36)(H2,31,32,33,34). The first kappa shape index (κ1) is 25.0. The van der Waals surface area contributed by atoms with Crippen molar-refractivity contribution in [1.29, 1.82) is 0 Å². The van der Waals surface area contributed by atoms with E-state index >= 15 is 0 Å². The Morgan fingerprint density at radius 2 is 1.84 bits per heavy atom. The molecule has 192 valence electrons. The van der Waals surface area contributed by atoms with Crippen LogP contribution >= 0.6 is 11.6 Å². The minimum absolute atomic E-state index is 0.0313. The van der Waals surface area contributed by atoms with Crippen LogP contribution in [-0.2, 0) is 13.0 Å². The summed E-state index contributed by atoms with van der Waals surface area (Å²) in [5.74, 6) is 0.0528. The van der Waals surface area contributed by atoms with Crippen molar-refractivity contribution in [3.8, 4) is 0 Å². The molecule has 10 heteroatoms. The molecule has 37 heavy (non-hydrogen) atoms. The smallest absolute Gasteiger partial charge is 0.254 e. The first-order valence-electron chi connectivity index (χ1n) is 12.5. The van der Waals surface area contributed by atoms with Gasteiger partial charge in [-0.25, -0.2) is 4.98 Å². The molecule has 0 saturated heterocycles. The summed E-state index contributed by atoms with van der Waals surface area (Å²) in [5, 5.41) is 7.15. The highest BCUT2D eigenvalue weighted by molar-refractivity contribution is 6.30. The van der Waals surface area contributed by atoms with Crippen LogP contribution in [0.25, 0.3) is 0 Å². The molecule has 2 atom stereocenters. The van der Waals surface area contributed by atoms with Crippen molar-refractivity contribution in [2.75, 3.05) is 17.2 Å². The van der Waals surface area contributed by atoms with E-state index < -0.39 is 5.91 Å². The highest BCUT2D eigenvalue weighted by atomic mass is 35.5. The number of nitrogens with zero attached hydrogens (tertiary/aromatic N) is 3. The number of hydrogen-bond acceptors (Lipinski definition) is 7. The van der Waals surface area contributed by atoms with Crippen LogP contribution in [-0.4, -0.2) is 45.3 Å². The summed E-state index contributed by atoms with van der Waals surface area (Å²) < 4.78 is 0. The molecule has 3 aromatic rings. The number of amides is 2. The molecule has 2 aromatic carbocycles. The van der Waals surface area contributed by atoms with E-state index in [1.807, 2.05) is 23.1 Å². The SMILES string of the molecule is NC(=O)c1cnc(NC2CCCCC2N)nc1Nc1ccc2c(c1)CN(C(=O)c1ccc(Cl)cc1)CC2. The van der Waals surface area contributed by atoms with Gasteiger partial charge in [-0.15, -0.1) is 0 Å². The molecule has 1 saturated carbocycles. The van der Waals surface area contributed by atoms with Crippen LogP contribution in [0.5, 0.6) is 0 Å². The zero-order valence-corrected chi connectivity index (χ0v) is 21.2. The van der Waals surface area contributed by atoms with E-state index in [9.17, 15) is 9.59 Å². The van der Waals surface area contributed by atoms with Gasteiger partial charge in [0.05, 0.1) is 0 Å². The minimum atomic E-state index is -0.624. The highest BCUT2D eigenvalue weighted by Gasteiger charge is 2.24. The lowest BCUT2D eigenvalue weighted by Crippen LogP contribution is -2.43. The molecular formula is C27H30ClN7O2. The third-order valence-electron chi connectivity index (χ3n) is 7.05. The molecule has 6 N–H and O–H groups in total. The maximum Gasteiger partial charge on any atom is 0.254 e. The molecule has 2 heterocycles. The number of nitrogens with one attached hydrogen (secondary N) is 2. The van der Waals surface area contributed by atoms with Crippen LogP contribution in [0.1, 0.15) is 57.5 Å². The number of nitrogens with two attached hydrogens (primary N) is 2. The second-order valence-electron chi connectivity index (χ2n) is 9.61. The van der Waals surface area contributed by atoms with Crippen molar-refractivity contribution in [1.82, 2.24) is 14.9 Å². The number of aromatic nitrogens is 2. The monoisotopic (exact) mass is 519 g/mol. The Labute approximate surface area is 220 Å². The highest BCUT2D eigenvalue weighted by Crippen LogP contribution is 2.27. The zero-order valence-electron chi connectivity index (χ0n) is 20.4. The summed E-state index contributed by atoms with van der Waals surface area (Å²) in [6.45, 7) is 1.11. The second-order valence-corrected chi connectivity index (χ2v) is 10.0. The Morgan fingerprint density at radius 1 is 1.05 bits per heavy atom. The average Bonchev–Trinajstić information content (AvgIpc) is 2.89. The van der Waals surface area contributed by atoms with Gasteiger partial charge in [-0.1, -0.05) is 30.5 Å². The van der Waals surface area contributed by atoms with Crippen LogP contribution < -0.4 is 22.1 Å². The number of carbonyl (C=O) groups excluding carboxylic acids is 2. The number of primary amides is 1. The van der Waals surface area contributed by atoms with Crippen molar-refractivity contribution >= 4 is 40.9 Å². The molecule has 0 bridgehead atoms. The Morgan fingerprint density at radius 3 is 2.59 bits per heavy atom. The van der Waals surface area contributed by atoms with Gasteiger partial charge in [0.25, 0.3) is 11.8 Å². The number of benzene rings is 2. The van der Waals surface area contributed by atoms with Gasteiger partial charge in [-0.05, 0) is 66.8 Å². The van der Waals surface area contributed by atoms with Crippen molar-refractivity contribution in [3.63, 3.8) is 0 Å². The Balaban J connectivity index is 1.35. The molecule has 1 aliphatic heterocycles. The van der Waals surface area contributed by atoms with E-state index in [4.69, 9.17) is 23.1 Å². The fraction of sp³-hybridized carbons (Fsp3) is 0.333. The van der Waals surface area contributed by atoms with E-state index in [-0.39, 0.29) is 23.6 Å². The van der Waals surface area contributed by atoms with Gasteiger partial charge in [0.15, 0.2) is 0 Å². The predicted octanol–water partition coefficient (Wildman–Crippen LogP) is 3.85. The Bertz CT molecular complexity index is 1310. The molecule has 0 radical (unpaired) electrons. The van der Waals surface area contributed by atoms with Crippen molar-refractivity contribution in [3.05, 3.63) is 75.9 Å². The molecule has 1 fully saturated rings. The first-order valence-corrected chi connectivity index (χ1v) is 12.9. The van der Waals surface area contributed by atoms with Crippen LogP contribution in [0.4, 0.5) is 17.5 Å². The van der Waals surface area contributed by atoms with Gasteiger partial charge in [-0.2, -0.15) is 4.98 Å². The fourth-order valence-electron chi connectivity index (χ4n) is 4.95. The van der Waals surface area contributed by atoms with Crippen molar-refractivity contribution in [2.24, 2.45) is 11.5 Å². The van der Waals surface area contributed by atoms with E-state index in [0.717, 1.165) is 43.4 Å². The number of anilines is 3. The average molecular weight is 520 g/mol. The van der Waals surface area contributed by atoms with E-state index in [1.165, 1.54) is 11.8 Å². The van der Waals surface area contributed by atoms with Crippen LogP contribution in [0.2, 0.25) is 5.02 Å². The maximum absolute atomic E-state index is 13.0. The minimum Gasteiger partial charge on any atom is -0.365 e. The van der Waals surface area contributed by atoms with Crippen molar-refractivity contribution < 1.29 is 9.59 Å².